The zero-order valence-corrected chi connectivity index (χ0v) is 16.8. The number of nitrogens with zero attached hydrogens (tertiary/aromatic N) is 5. The summed E-state index contributed by atoms with van der Waals surface area (Å²) in [6.45, 7) is 0.568. The number of carbonyl (C=O) groups is 1. The molecule has 8 heteroatoms. The number of fused-ring (bicyclic) bond motifs is 3. The van der Waals surface area contributed by atoms with Gasteiger partial charge in [0.2, 0.25) is 5.91 Å². The standard InChI is InChI=1S/C21H25N7O/c1-27(2)20-14(11-22)16-13-10-15(29)28(9-8-12-6-4-3-5-7-12)21(13)26-19(24)17(16)18(23)25-20/h6H,3-5,7-10H2,1-2H3,(H2,23,25)(H2,24,26). The summed E-state index contributed by atoms with van der Waals surface area (Å²) >= 11 is 0. The molecule has 3 heterocycles. The molecule has 2 aliphatic rings. The summed E-state index contributed by atoms with van der Waals surface area (Å²) in [5.74, 6) is 1.39. The Morgan fingerprint density at radius 2 is 1.97 bits per heavy atom. The molecule has 1 aliphatic carbocycles. The summed E-state index contributed by atoms with van der Waals surface area (Å²) in [4.78, 5) is 25.1. The molecule has 29 heavy (non-hydrogen) atoms. The Morgan fingerprint density at radius 3 is 2.62 bits per heavy atom. The highest BCUT2D eigenvalue weighted by Gasteiger charge is 2.33. The minimum absolute atomic E-state index is 0.0264. The first-order chi connectivity index (χ1) is 13.9. The lowest BCUT2D eigenvalue weighted by atomic mass is 9.97. The lowest BCUT2D eigenvalue weighted by Crippen LogP contribution is -2.29. The maximum Gasteiger partial charge on any atom is 0.232 e. The number of pyridine rings is 2. The molecule has 2 aromatic heterocycles. The first-order valence-corrected chi connectivity index (χ1v) is 9.89. The summed E-state index contributed by atoms with van der Waals surface area (Å²) in [5.41, 5.74) is 14.9. The van der Waals surface area contributed by atoms with Crippen molar-refractivity contribution in [2.75, 3.05) is 41.9 Å². The van der Waals surface area contributed by atoms with Crippen molar-refractivity contribution in [1.29, 1.82) is 5.26 Å². The van der Waals surface area contributed by atoms with Gasteiger partial charge >= 0.3 is 0 Å². The van der Waals surface area contributed by atoms with E-state index in [1.807, 2.05) is 0 Å². The van der Waals surface area contributed by atoms with E-state index in [4.69, 9.17) is 11.5 Å². The Morgan fingerprint density at radius 1 is 1.21 bits per heavy atom. The van der Waals surface area contributed by atoms with Crippen LogP contribution in [-0.4, -0.2) is 36.5 Å². The number of rotatable bonds is 4. The highest BCUT2D eigenvalue weighted by molar-refractivity contribution is 6.13. The first kappa shape index (κ1) is 19.0. The van der Waals surface area contributed by atoms with E-state index in [2.05, 4.69) is 22.1 Å². The van der Waals surface area contributed by atoms with Gasteiger partial charge in [-0.1, -0.05) is 11.6 Å². The molecule has 0 aromatic carbocycles. The number of anilines is 4. The van der Waals surface area contributed by atoms with Gasteiger partial charge in [-0.25, -0.2) is 9.97 Å². The van der Waals surface area contributed by atoms with Crippen LogP contribution in [0.15, 0.2) is 11.6 Å². The SMILES string of the molecule is CN(C)c1nc(N)c2c(N)nc3c(c2c1C#N)CC(=O)N3CCC1=CCCCC1. The number of nitrogens with two attached hydrogens (primary N) is 2. The zero-order chi connectivity index (χ0) is 20.7. The average Bonchev–Trinajstić information content (AvgIpc) is 3.01. The molecule has 4 rings (SSSR count). The molecular weight excluding hydrogens is 366 g/mol. The normalized spacial score (nSPS) is 16.0. The minimum Gasteiger partial charge on any atom is -0.383 e. The lowest BCUT2D eigenvalue weighted by molar-refractivity contribution is -0.117. The van der Waals surface area contributed by atoms with Crippen LogP contribution in [0.4, 0.5) is 23.3 Å². The van der Waals surface area contributed by atoms with Gasteiger partial charge in [0.15, 0.2) is 0 Å². The third-order valence-corrected chi connectivity index (χ3v) is 5.72. The molecule has 0 spiro atoms. The van der Waals surface area contributed by atoms with Gasteiger partial charge in [0.1, 0.15) is 34.9 Å². The van der Waals surface area contributed by atoms with Gasteiger partial charge in [-0.3, -0.25) is 9.69 Å². The van der Waals surface area contributed by atoms with E-state index in [0.29, 0.717) is 40.1 Å². The van der Waals surface area contributed by atoms with Crippen LogP contribution in [0, 0.1) is 11.3 Å². The smallest absolute Gasteiger partial charge is 0.232 e. The highest BCUT2D eigenvalue weighted by Crippen LogP contribution is 2.41. The van der Waals surface area contributed by atoms with Crippen LogP contribution in [0.3, 0.4) is 0 Å². The fraction of sp³-hybridized carbons (Fsp3) is 0.429. The molecule has 0 radical (unpaired) electrons. The van der Waals surface area contributed by atoms with Crippen LogP contribution in [-0.2, 0) is 11.2 Å². The van der Waals surface area contributed by atoms with Crippen molar-refractivity contribution >= 4 is 40.0 Å². The van der Waals surface area contributed by atoms with Crippen molar-refractivity contribution in [3.63, 3.8) is 0 Å². The Hall–Kier alpha value is -3.34. The highest BCUT2D eigenvalue weighted by atomic mass is 16.2. The Labute approximate surface area is 169 Å². The van der Waals surface area contributed by atoms with Gasteiger partial charge in [-0.15, -0.1) is 0 Å². The van der Waals surface area contributed by atoms with Gasteiger partial charge < -0.3 is 16.4 Å². The van der Waals surface area contributed by atoms with E-state index >= 15 is 0 Å². The lowest BCUT2D eigenvalue weighted by Gasteiger charge is -2.21. The molecular formula is C21H25N7O. The fourth-order valence-corrected chi connectivity index (χ4v) is 4.30. The number of hydrogen-bond acceptors (Lipinski definition) is 7. The van der Waals surface area contributed by atoms with E-state index in [1.54, 1.807) is 23.9 Å². The number of allylic oxidation sites excluding steroid dienone is 1. The topological polar surface area (TPSA) is 125 Å². The number of amides is 1. The minimum atomic E-state index is -0.0264. The van der Waals surface area contributed by atoms with Crippen molar-refractivity contribution in [3.8, 4) is 6.07 Å². The summed E-state index contributed by atoms with van der Waals surface area (Å²) in [6.07, 6.45) is 7.95. The van der Waals surface area contributed by atoms with Gasteiger partial charge in [-0.2, -0.15) is 5.26 Å². The summed E-state index contributed by atoms with van der Waals surface area (Å²) < 4.78 is 0. The molecule has 2 aromatic rings. The molecule has 0 atom stereocenters. The maximum absolute atomic E-state index is 12.8. The first-order valence-electron chi connectivity index (χ1n) is 9.89. The van der Waals surface area contributed by atoms with Gasteiger partial charge in [0, 0.05) is 31.6 Å². The van der Waals surface area contributed by atoms with Crippen LogP contribution in [0.5, 0.6) is 0 Å². The third-order valence-electron chi connectivity index (χ3n) is 5.72. The number of carbonyl (C=O) groups excluding carboxylic acids is 1. The van der Waals surface area contributed by atoms with Crippen molar-refractivity contribution in [2.45, 2.75) is 38.5 Å². The Balaban J connectivity index is 1.84. The van der Waals surface area contributed by atoms with E-state index in [0.717, 1.165) is 19.3 Å². The van der Waals surface area contributed by atoms with E-state index in [-0.39, 0.29) is 24.0 Å². The van der Waals surface area contributed by atoms with E-state index < -0.39 is 0 Å². The van der Waals surface area contributed by atoms with E-state index in [1.165, 1.54) is 18.4 Å². The second kappa shape index (κ2) is 7.24. The molecule has 0 saturated heterocycles. The Bertz CT molecular complexity index is 1080. The molecule has 150 valence electrons. The molecule has 0 bridgehead atoms. The number of nitrogen functional groups attached to an aromatic ring is 2. The predicted octanol–water partition coefficient (Wildman–Crippen LogP) is 2.51. The molecule has 8 nitrogen and oxygen atoms in total. The van der Waals surface area contributed by atoms with Gasteiger partial charge in [0.05, 0.1) is 11.8 Å². The quantitative estimate of drug-likeness (QED) is 0.767. The van der Waals surface area contributed by atoms with Crippen LogP contribution in [0.1, 0.15) is 43.2 Å². The van der Waals surface area contributed by atoms with Crippen LogP contribution >= 0.6 is 0 Å². The molecule has 0 saturated carbocycles. The zero-order valence-electron chi connectivity index (χ0n) is 16.8. The largest absolute Gasteiger partial charge is 0.383 e. The van der Waals surface area contributed by atoms with Crippen molar-refractivity contribution < 1.29 is 4.79 Å². The fourth-order valence-electron chi connectivity index (χ4n) is 4.30. The summed E-state index contributed by atoms with van der Waals surface area (Å²) in [6, 6.07) is 2.24. The van der Waals surface area contributed by atoms with Crippen LogP contribution in [0.2, 0.25) is 0 Å². The summed E-state index contributed by atoms with van der Waals surface area (Å²) in [5, 5.41) is 10.9. The van der Waals surface area contributed by atoms with E-state index in [9.17, 15) is 10.1 Å². The van der Waals surface area contributed by atoms with Crippen molar-refractivity contribution in [1.82, 2.24) is 9.97 Å². The van der Waals surface area contributed by atoms with Gasteiger partial charge in [-0.05, 0) is 32.1 Å². The number of aromatic nitrogens is 2. The molecule has 0 fully saturated rings. The molecule has 4 N–H and O–H groups in total. The van der Waals surface area contributed by atoms with Gasteiger partial charge in [0.25, 0.3) is 0 Å². The Kier molecular flexibility index (Phi) is 4.74. The molecule has 1 amide bonds. The molecule has 0 unspecified atom stereocenters. The summed E-state index contributed by atoms with van der Waals surface area (Å²) in [7, 11) is 3.60. The van der Waals surface area contributed by atoms with Crippen molar-refractivity contribution in [3.05, 3.63) is 22.8 Å². The monoisotopic (exact) mass is 391 g/mol. The maximum atomic E-state index is 12.8. The third kappa shape index (κ3) is 3.12. The second-order valence-corrected chi connectivity index (χ2v) is 7.83. The number of nitriles is 1. The van der Waals surface area contributed by atoms with Crippen LogP contribution < -0.4 is 21.3 Å². The molecule has 1 aliphatic heterocycles. The number of hydrogen-bond donors (Lipinski definition) is 2. The average molecular weight is 391 g/mol. The van der Waals surface area contributed by atoms with Crippen LogP contribution in [0.25, 0.3) is 10.8 Å². The van der Waals surface area contributed by atoms with Crippen molar-refractivity contribution in [2.24, 2.45) is 0 Å². The second-order valence-electron chi connectivity index (χ2n) is 7.83. The predicted molar refractivity (Wildman–Crippen MR) is 115 cm³/mol.